The second kappa shape index (κ2) is 7.04. The summed E-state index contributed by atoms with van der Waals surface area (Å²) in [6.07, 6.45) is 4.95. The van der Waals surface area contributed by atoms with Gasteiger partial charge in [-0.15, -0.1) is 0 Å². The van der Waals surface area contributed by atoms with Crippen LogP contribution in [0.5, 0.6) is 0 Å². The topological polar surface area (TPSA) is 20.3 Å². The highest BCUT2D eigenvalue weighted by Gasteiger charge is 2.23. The van der Waals surface area contributed by atoms with Gasteiger partial charge in [0.25, 0.3) is 0 Å². The minimum atomic E-state index is -0.331. The van der Waals surface area contributed by atoms with Crippen molar-refractivity contribution in [1.82, 2.24) is 4.90 Å². The zero-order chi connectivity index (χ0) is 13.7. The third-order valence-electron chi connectivity index (χ3n) is 3.54. The van der Waals surface area contributed by atoms with Gasteiger partial charge in [-0.2, -0.15) is 0 Å². The number of carbonyl (C=O) groups excluding carboxylic acids is 1. The molecule has 0 radical (unpaired) electrons. The largest absolute Gasteiger partial charge is 0.342 e. The summed E-state index contributed by atoms with van der Waals surface area (Å²) in [5.41, 5.74) is 0.590. The first-order valence-corrected chi connectivity index (χ1v) is 7.76. The molecule has 0 bridgehead atoms. The Morgan fingerprint density at radius 1 is 1.21 bits per heavy atom. The first-order valence-electron chi connectivity index (χ1n) is 6.85. The summed E-state index contributed by atoms with van der Waals surface area (Å²) in [6, 6.07) is 6.64. The van der Waals surface area contributed by atoms with E-state index in [1.54, 1.807) is 18.2 Å². The van der Waals surface area contributed by atoms with Gasteiger partial charge in [0, 0.05) is 13.1 Å². The van der Waals surface area contributed by atoms with E-state index in [0.29, 0.717) is 12.0 Å². The normalized spacial score (nSPS) is 17.9. The predicted octanol–water partition coefficient (Wildman–Crippen LogP) is 3.53. The van der Waals surface area contributed by atoms with Crippen molar-refractivity contribution in [3.8, 4) is 0 Å². The van der Waals surface area contributed by atoms with Gasteiger partial charge in [0.2, 0.25) is 5.91 Å². The Morgan fingerprint density at radius 2 is 1.84 bits per heavy atom. The van der Waals surface area contributed by atoms with Crippen LogP contribution in [-0.4, -0.2) is 28.7 Å². The number of halogens is 2. The lowest BCUT2D eigenvalue weighted by atomic mass is 10.1. The number of alkyl halides is 1. The summed E-state index contributed by atoms with van der Waals surface area (Å²) in [4.78, 5) is 13.9. The summed E-state index contributed by atoms with van der Waals surface area (Å²) in [7, 11) is 0. The maximum atomic E-state index is 13.6. The summed E-state index contributed by atoms with van der Waals surface area (Å²) in [5, 5.41) is 0. The Morgan fingerprint density at radius 3 is 2.47 bits per heavy atom. The molecule has 1 aliphatic rings. The van der Waals surface area contributed by atoms with Crippen LogP contribution in [0.2, 0.25) is 0 Å². The number of hydrogen-bond donors (Lipinski definition) is 0. The van der Waals surface area contributed by atoms with Crippen molar-refractivity contribution in [2.45, 2.75) is 36.9 Å². The number of rotatable bonds is 3. The van der Waals surface area contributed by atoms with Crippen LogP contribution in [0.4, 0.5) is 4.39 Å². The fraction of sp³-hybridized carbons (Fsp3) is 0.533. The highest BCUT2D eigenvalue weighted by Crippen LogP contribution is 2.18. The second-order valence-corrected chi connectivity index (χ2v) is 6.11. The molecule has 0 N–H and O–H groups in total. The maximum absolute atomic E-state index is 13.6. The zero-order valence-corrected chi connectivity index (χ0v) is 12.5. The number of benzene rings is 1. The monoisotopic (exact) mass is 327 g/mol. The van der Waals surface area contributed by atoms with E-state index >= 15 is 0 Å². The minimum absolute atomic E-state index is 0.0881. The first-order chi connectivity index (χ1) is 9.18. The molecule has 1 saturated heterocycles. The smallest absolute Gasteiger partial charge is 0.236 e. The van der Waals surface area contributed by atoms with Crippen LogP contribution >= 0.6 is 15.9 Å². The summed E-state index contributed by atoms with van der Waals surface area (Å²) < 4.78 is 13.6. The Balaban J connectivity index is 1.97. The maximum Gasteiger partial charge on any atom is 0.236 e. The van der Waals surface area contributed by atoms with Gasteiger partial charge in [-0.05, 0) is 30.9 Å². The van der Waals surface area contributed by atoms with Crippen molar-refractivity contribution in [3.63, 3.8) is 0 Å². The molecule has 1 fully saturated rings. The zero-order valence-electron chi connectivity index (χ0n) is 10.9. The second-order valence-electron chi connectivity index (χ2n) is 5.00. The predicted molar refractivity (Wildman–Crippen MR) is 77.9 cm³/mol. The van der Waals surface area contributed by atoms with E-state index in [1.807, 2.05) is 4.90 Å². The molecule has 0 aromatic heterocycles. The number of hydrogen-bond acceptors (Lipinski definition) is 1. The summed E-state index contributed by atoms with van der Waals surface area (Å²) >= 11 is 3.42. The average molecular weight is 328 g/mol. The Hall–Kier alpha value is -0.900. The third-order valence-corrected chi connectivity index (χ3v) is 4.26. The van der Waals surface area contributed by atoms with Crippen molar-refractivity contribution >= 4 is 21.8 Å². The highest BCUT2D eigenvalue weighted by molar-refractivity contribution is 9.10. The lowest BCUT2D eigenvalue weighted by molar-refractivity contribution is -0.130. The standard InChI is InChI=1S/C15H19BrFNO/c16-13(11-12-7-3-4-8-14(12)17)15(19)18-9-5-1-2-6-10-18/h3-4,7-8,13H,1-2,5-6,9-11H2. The van der Waals surface area contributed by atoms with Gasteiger partial charge in [-0.1, -0.05) is 47.0 Å². The molecule has 2 nitrogen and oxygen atoms in total. The molecule has 4 heteroatoms. The first kappa shape index (κ1) is 14.5. The third kappa shape index (κ3) is 4.03. The van der Waals surface area contributed by atoms with Crippen molar-refractivity contribution < 1.29 is 9.18 Å². The van der Waals surface area contributed by atoms with Crippen LogP contribution in [0.3, 0.4) is 0 Å². The van der Waals surface area contributed by atoms with Crippen LogP contribution in [0, 0.1) is 5.82 Å². The average Bonchev–Trinajstić information content (AvgIpc) is 2.69. The van der Waals surface area contributed by atoms with Crippen LogP contribution in [0.25, 0.3) is 0 Å². The van der Waals surface area contributed by atoms with Gasteiger partial charge in [-0.3, -0.25) is 4.79 Å². The van der Waals surface area contributed by atoms with E-state index < -0.39 is 0 Å². The fourth-order valence-electron chi connectivity index (χ4n) is 2.43. The molecule has 19 heavy (non-hydrogen) atoms. The van der Waals surface area contributed by atoms with E-state index in [4.69, 9.17) is 0 Å². The van der Waals surface area contributed by atoms with E-state index in [2.05, 4.69) is 15.9 Å². The van der Waals surface area contributed by atoms with Crippen LogP contribution < -0.4 is 0 Å². The van der Waals surface area contributed by atoms with Gasteiger partial charge in [0.05, 0.1) is 4.83 Å². The lowest BCUT2D eigenvalue weighted by Crippen LogP contribution is -2.38. The van der Waals surface area contributed by atoms with Crippen LogP contribution in [0.1, 0.15) is 31.2 Å². The molecule has 1 amide bonds. The molecule has 0 saturated carbocycles. The van der Waals surface area contributed by atoms with E-state index in [9.17, 15) is 9.18 Å². The van der Waals surface area contributed by atoms with Gasteiger partial charge in [0.1, 0.15) is 5.82 Å². The van der Waals surface area contributed by atoms with Gasteiger partial charge >= 0.3 is 0 Å². The quantitative estimate of drug-likeness (QED) is 0.777. The van der Waals surface area contributed by atoms with E-state index in [1.165, 1.54) is 18.9 Å². The molecule has 0 spiro atoms. The molecule has 2 rings (SSSR count). The molecular formula is C15H19BrFNO. The molecular weight excluding hydrogens is 309 g/mol. The Bertz CT molecular complexity index is 430. The molecule has 1 atom stereocenters. The number of nitrogens with zero attached hydrogens (tertiary/aromatic N) is 1. The van der Waals surface area contributed by atoms with Gasteiger partial charge < -0.3 is 4.90 Å². The lowest BCUT2D eigenvalue weighted by Gasteiger charge is -2.23. The van der Waals surface area contributed by atoms with Crippen LogP contribution in [-0.2, 0) is 11.2 Å². The molecule has 1 aromatic carbocycles. The van der Waals surface area contributed by atoms with E-state index in [0.717, 1.165) is 25.9 Å². The summed E-state index contributed by atoms with van der Waals surface area (Å²) in [6.45, 7) is 1.66. The SMILES string of the molecule is O=C(C(Br)Cc1ccccc1F)N1CCCCCC1. The van der Waals surface area contributed by atoms with Crippen LogP contribution in [0.15, 0.2) is 24.3 Å². The van der Waals surface area contributed by atoms with Crippen molar-refractivity contribution in [2.24, 2.45) is 0 Å². The van der Waals surface area contributed by atoms with Crippen molar-refractivity contribution in [2.75, 3.05) is 13.1 Å². The molecule has 1 heterocycles. The highest BCUT2D eigenvalue weighted by atomic mass is 79.9. The molecule has 1 aromatic rings. The molecule has 104 valence electrons. The molecule has 0 aliphatic carbocycles. The number of amides is 1. The van der Waals surface area contributed by atoms with Gasteiger partial charge in [0.15, 0.2) is 0 Å². The van der Waals surface area contributed by atoms with Gasteiger partial charge in [-0.25, -0.2) is 4.39 Å². The molecule has 1 aliphatic heterocycles. The van der Waals surface area contributed by atoms with E-state index in [-0.39, 0.29) is 16.6 Å². The fourth-order valence-corrected chi connectivity index (χ4v) is 3.07. The minimum Gasteiger partial charge on any atom is -0.342 e. The number of likely N-dealkylation sites (tertiary alicyclic amines) is 1. The Kier molecular flexibility index (Phi) is 5.37. The Labute approximate surface area is 122 Å². The van der Waals surface area contributed by atoms with Crippen molar-refractivity contribution in [1.29, 1.82) is 0 Å². The number of carbonyl (C=O) groups is 1. The molecule has 1 unspecified atom stereocenters. The summed E-state index contributed by atoms with van der Waals surface area (Å²) in [5.74, 6) is -0.152. The van der Waals surface area contributed by atoms with Crippen molar-refractivity contribution in [3.05, 3.63) is 35.6 Å².